The number of amides is 1. The summed E-state index contributed by atoms with van der Waals surface area (Å²) in [5.41, 5.74) is 10.3. The number of anilines is 1. The van der Waals surface area contributed by atoms with Gasteiger partial charge < -0.3 is 10.8 Å². The number of hydrogen-bond acceptors (Lipinski definition) is 5. The molecule has 8 heteroatoms. The molecule has 0 aliphatic rings. The van der Waals surface area contributed by atoms with Gasteiger partial charge in [-0.15, -0.1) is 11.3 Å². The van der Waals surface area contributed by atoms with Crippen molar-refractivity contribution in [2.24, 2.45) is 0 Å². The lowest BCUT2D eigenvalue weighted by molar-refractivity contribution is 0.101. The average molecular weight is 445 g/mol. The maximum atomic E-state index is 13.6. The Labute approximate surface area is 184 Å². The molecule has 5 rings (SSSR count). The van der Waals surface area contributed by atoms with E-state index in [4.69, 9.17) is 5.73 Å². The monoisotopic (exact) mass is 445 g/mol. The standard InChI is InChI=1S/C24H16FN3O3S/c25-14-6-8-17-20(10-14)32-23(22(17)26)24(31)27-28-19-11-15(29)7-9-16(19)18(12-21(28)30)13-4-2-1-3-5-13/h1-12,29H,26H2,(H,27,31). The van der Waals surface area contributed by atoms with Gasteiger partial charge in [0, 0.05) is 27.6 Å². The van der Waals surface area contributed by atoms with Gasteiger partial charge in [-0.3, -0.25) is 15.0 Å². The van der Waals surface area contributed by atoms with Crippen LogP contribution in [0.4, 0.5) is 10.1 Å². The highest BCUT2D eigenvalue weighted by atomic mass is 32.1. The molecule has 32 heavy (non-hydrogen) atoms. The lowest BCUT2D eigenvalue weighted by atomic mass is 10.0. The van der Waals surface area contributed by atoms with Crippen LogP contribution in [0.25, 0.3) is 32.1 Å². The first kappa shape index (κ1) is 19.8. The molecule has 0 fully saturated rings. The Balaban J connectivity index is 1.65. The molecule has 0 bridgehead atoms. The van der Waals surface area contributed by atoms with Gasteiger partial charge in [-0.1, -0.05) is 30.3 Å². The van der Waals surface area contributed by atoms with Gasteiger partial charge in [-0.2, -0.15) is 0 Å². The fourth-order valence-electron chi connectivity index (χ4n) is 3.70. The van der Waals surface area contributed by atoms with Crippen LogP contribution >= 0.6 is 11.3 Å². The number of nitrogens with zero attached hydrogens (tertiary/aromatic N) is 1. The van der Waals surface area contributed by atoms with Crippen molar-refractivity contribution in [3.8, 4) is 16.9 Å². The van der Waals surface area contributed by atoms with Crippen LogP contribution in [0.1, 0.15) is 9.67 Å². The third-order valence-corrected chi connectivity index (χ3v) is 6.36. The Hall–Kier alpha value is -4.17. The number of aromatic hydroxyl groups is 1. The highest BCUT2D eigenvalue weighted by Gasteiger charge is 2.19. The quantitative estimate of drug-likeness (QED) is 0.375. The highest BCUT2D eigenvalue weighted by molar-refractivity contribution is 7.21. The van der Waals surface area contributed by atoms with E-state index in [0.717, 1.165) is 21.6 Å². The molecule has 2 heterocycles. The maximum absolute atomic E-state index is 13.6. The highest BCUT2D eigenvalue weighted by Crippen LogP contribution is 2.34. The fraction of sp³-hybridized carbons (Fsp3) is 0. The first-order chi connectivity index (χ1) is 15.4. The van der Waals surface area contributed by atoms with Gasteiger partial charge in [-0.25, -0.2) is 9.07 Å². The largest absolute Gasteiger partial charge is 0.508 e. The smallest absolute Gasteiger partial charge is 0.282 e. The van der Waals surface area contributed by atoms with E-state index in [1.165, 1.54) is 36.4 Å². The Morgan fingerprint density at radius 3 is 2.53 bits per heavy atom. The van der Waals surface area contributed by atoms with Crippen molar-refractivity contribution in [2.45, 2.75) is 0 Å². The second-order valence-corrected chi connectivity index (χ2v) is 8.28. The van der Waals surface area contributed by atoms with E-state index in [-0.39, 0.29) is 16.3 Å². The summed E-state index contributed by atoms with van der Waals surface area (Å²) in [5, 5.41) is 11.3. The van der Waals surface area contributed by atoms with Gasteiger partial charge in [0.25, 0.3) is 11.5 Å². The predicted molar refractivity (Wildman–Crippen MR) is 125 cm³/mol. The van der Waals surface area contributed by atoms with Crippen LogP contribution in [0.2, 0.25) is 0 Å². The summed E-state index contributed by atoms with van der Waals surface area (Å²) in [7, 11) is 0. The summed E-state index contributed by atoms with van der Waals surface area (Å²) < 4.78 is 15.2. The maximum Gasteiger partial charge on any atom is 0.282 e. The van der Waals surface area contributed by atoms with Crippen LogP contribution in [-0.2, 0) is 0 Å². The van der Waals surface area contributed by atoms with Crippen molar-refractivity contribution < 1.29 is 14.3 Å². The van der Waals surface area contributed by atoms with Gasteiger partial charge in [0.1, 0.15) is 16.4 Å². The molecule has 4 N–H and O–H groups in total. The zero-order chi connectivity index (χ0) is 22.4. The molecule has 5 aromatic rings. The molecule has 6 nitrogen and oxygen atoms in total. The van der Waals surface area contributed by atoms with Crippen LogP contribution in [0.15, 0.2) is 77.6 Å². The number of benzene rings is 3. The molecule has 0 aliphatic heterocycles. The first-order valence-electron chi connectivity index (χ1n) is 9.65. The second kappa shape index (κ2) is 7.51. The second-order valence-electron chi connectivity index (χ2n) is 7.23. The molecule has 0 spiro atoms. The molecule has 0 radical (unpaired) electrons. The summed E-state index contributed by atoms with van der Waals surface area (Å²) in [5.74, 6) is -1.09. The van der Waals surface area contributed by atoms with E-state index >= 15 is 0 Å². The average Bonchev–Trinajstić information content (AvgIpc) is 3.11. The summed E-state index contributed by atoms with van der Waals surface area (Å²) in [6.45, 7) is 0. The summed E-state index contributed by atoms with van der Waals surface area (Å²) >= 11 is 1.04. The molecule has 1 amide bonds. The summed E-state index contributed by atoms with van der Waals surface area (Å²) in [6.07, 6.45) is 0. The SMILES string of the molecule is Nc1c(C(=O)Nn2c(=O)cc(-c3ccccc3)c3ccc(O)cc32)sc2cc(F)ccc12. The number of carbonyl (C=O) groups excluding carboxylic acids is 1. The molecular weight excluding hydrogens is 429 g/mol. The van der Waals surface area contributed by atoms with Crippen LogP contribution in [0, 0.1) is 5.82 Å². The summed E-state index contributed by atoms with van der Waals surface area (Å²) in [4.78, 5) is 26.2. The number of nitrogens with two attached hydrogens (primary N) is 1. The number of hydrogen-bond donors (Lipinski definition) is 3. The number of phenols is 1. The molecule has 0 saturated carbocycles. The zero-order valence-corrected chi connectivity index (χ0v) is 17.3. The minimum Gasteiger partial charge on any atom is -0.508 e. The van der Waals surface area contributed by atoms with Gasteiger partial charge in [0.2, 0.25) is 0 Å². The Morgan fingerprint density at radius 2 is 1.75 bits per heavy atom. The van der Waals surface area contributed by atoms with Crippen LogP contribution in [-0.4, -0.2) is 15.7 Å². The molecular formula is C24H16FN3O3S. The number of rotatable bonds is 3. The predicted octanol–water partition coefficient (Wildman–Crippen LogP) is 4.69. The van der Waals surface area contributed by atoms with Crippen molar-refractivity contribution >= 4 is 43.9 Å². The number of aromatic nitrogens is 1. The van der Waals surface area contributed by atoms with Gasteiger partial charge in [0.05, 0.1) is 11.2 Å². The summed E-state index contributed by atoms with van der Waals surface area (Å²) in [6, 6.07) is 19.5. The van der Waals surface area contributed by atoms with E-state index in [0.29, 0.717) is 26.6 Å². The number of pyridine rings is 1. The number of carbonyl (C=O) groups is 1. The fourth-order valence-corrected chi connectivity index (χ4v) is 4.74. The minimum absolute atomic E-state index is 0.0537. The number of thiophene rings is 1. The number of nitrogen functional groups attached to an aromatic ring is 1. The van der Waals surface area contributed by atoms with Crippen LogP contribution in [0.5, 0.6) is 5.75 Å². The van der Waals surface area contributed by atoms with Crippen molar-refractivity contribution in [2.75, 3.05) is 11.2 Å². The molecule has 0 atom stereocenters. The van der Waals surface area contributed by atoms with Crippen molar-refractivity contribution in [1.82, 2.24) is 4.68 Å². The number of fused-ring (bicyclic) bond motifs is 2. The third kappa shape index (κ3) is 3.27. The number of phenolic OH excluding ortho intramolecular Hbond substituents is 1. The van der Waals surface area contributed by atoms with Crippen molar-refractivity contribution in [3.63, 3.8) is 0 Å². The molecule has 0 unspecified atom stereocenters. The first-order valence-corrected chi connectivity index (χ1v) is 10.5. The Morgan fingerprint density at radius 1 is 1.00 bits per heavy atom. The third-order valence-electron chi connectivity index (χ3n) is 5.20. The van der Waals surface area contributed by atoms with Gasteiger partial charge in [-0.05, 0) is 41.5 Å². The van der Waals surface area contributed by atoms with Crippen LogP contribution in [0.3, 0.4) is 0 Å². The number of nitrogens with one attached hydrogen (secondary N) is 1. The normalized spacial score (nSPS) is 11.2. The van der Waals surface area contributed by atoms with E-state index in [1.54, 1.807) is 6.07 Å². The van der Waals surface area contributed by atoms with E-state index in [2.05, 4.69) is 5.43 Å². The number of halogens is 1. The zero-order valence-electron chi connectivity index (χ0n) is 16.5. The van der Waals surface area contributed by atoms with Crippen molar-refractivity contribution in [3.05, 3.63) is 93.8 Å². The molecule has 0 aliphatic carbocycles. The van der Waals surface area contributed by atoms with Crippen LogP contribution < -0.4 is 16.7 Å². The lowest BCUT2D eigenvalue weighted by Crippen LogP contribution is -2.33. The lowest BCUT2D eigenvalue weighted by Gasteiger charge is -2.15. The molecule has 2 aromatic heterocycles. The topological polar surface area (TPSA) is 97.4 Å². The van der Waals surface area contributed by atoms with E-state index in [1.807, 2.05) is 30.3 Å². The van der Waals surface area contributed by atoms with Gasteiger partial charge >= 0.3 is 0 Å². The molecule has 158 valence electrons. The van der Waals surface area contributed by atoms with Gasteiger partial charge in [0.15, 0.2) is 0 Å². The molecule has 3 aromatic carbocycles. The van der Waals surface area contributed by atoms with Crippen molar-refractivity contribution in [1.29, 1.82) is 0 Å². The molecule has 0 saturated heterocycles. The van der Waals surface area contributed by atoms with E-state index < -0.39 is 17.3 Å². The Kier molecular flexibility index (Phi) is 4.64. The van der Waals surface area contributed by atoms with E-state index in [9.17, 15) is 19.1 Å². The minimum atomic E-state index is -0.608. The Bertz CT molecular complexity index is 1580.